The van der Waals surface area contributed by atoms with E-state index in [1.54, 1.807) is 4.68 Å². The smallest absolute Gasteiger partial charge is 0.165 e. The molecule has 6 nitrogen and oxygen atoms in total. The highest BCUT2D eigenvalue weighted by Crippen LogP contribution is 2.05. The summed E-state index contributed by atoms with van der Waals surface area (Å²) in [7, 11) is 0. The molecular formula is C9H19N5O. The van der Waals surface area contributed by atoms with Crippen LogP contribution in [0.25, 0.3) is 0 Å². The molecule has 0 aliphatic heterocycles. The van der Waals surface area contributed by atoms with Gasteiger partial charge in [-0.2, -0.15) is 0 Å². The van der Waals surface area contributed by atoms with Crippen molar-refractivity contribution in [1.29, 1.82) is 0 Å². The Morgan fingerprint density at radius 1 is 1.47 bits per heavy atom. The van der Waals surface area contributed by atoms with Gasteiger partial charge in [-0.05, 0) is 30.8 Å². The first kappa shape index (κ1) is 12.1. The van der Waals surface area contributed by atoms with Gasteiger partial charge in [0, 0.05) is 6.61 Å². The van der Waals surface area contributed by atoms with Gasteiger partial charge in [-0.3, -0.25) is 0 Å². The third kappa shape index (κ3) is 3.56. The molecule has 1 rings (SSSR count). The lowest BCUT2D eigenvalue weighted by Crippen LogP contribution is -2.21. The van der Waals surface area contributed by atoms with E-state index in [2.05, 4.69) is 27.8 Å². The average molecular weight is 213 g/mol. The van der Waals surface area contributed by atoms with Crippen LogP contribution in [0.1, 0.15) is 32.6 Å². The van der Waals surface area contributed by atoms with Gasteiger partial charge in [-0.25, -0.2) is 4.68 Å². The van der Waals surface area contributed by atoms with Crippen LogP contribution in [-0.4, -0.2) is 40.0 Å². The molecule has 6 heteroatoms. The third-order valence-corrected chi connectivity index (χ3v) is 2.07. The molecule has 1 aromatic rings. The summed E-state index contributed by atoms with van der Waals surface area (Å²) in [6.45, 7) is 9.04. The molecule has 0 saturated carbocycles. The zero-order valence-electron chi connectivity index (χ0n) is 9.60. The molecule has 1 aromatic heterocycles. The SMILES string of the molecule is CCNCc1nnnn1C(C)COCC. The Hall–Kier alpha value is -1.01. The number of tetrazole rings is 1. The minimum Gasteiger partial charge on any atom is -0.380 e. The number of ether oxygens (including phenoxy) is 1. The van der Waals surface area contributed by atoms with Crippen molar-refractivity contribution in [2.75, 3.05) is 19.8 Å². The predicted molar refractivity (Wildman–Crippen MR) is 56.4 cm³/mol. The number of nitrogens with one attached hydrogen (secondary N) is 1. The maximum Gasteiger partial charge on any atom is 0.165 e. The molecule has 1 N–H and O–H groups in total. The second kappa shape index (κ2) is 6.47. The standard InChI is InChI=1S/C9H19N5O/c1-4-10-6-9-11-12-13-14(9)8(3)7-15-5-2/h8,10H,4-7H2,1-3H3. The van der Waals surface area contributed by atoms with Crippen molar-refractivity contribution < 1.29 is 4.74 Å². The van der Waals surface area contributed by atoms with Gasteiger partial charge in [-0.15, -0.1) is 5.10 Å². The van der Waals surface area contributed by atoms with Gasteiger partial charge in [-0.1, -0.05) is 6.92 Å². The van der Waals surface area contributed by atoms with Crippen LogP contribution in [-0.2, 0) is 11.3 Å². The molecule has 1 heterocycles. The van der Waals surface area contributed by atoms with E-state index in [4.69, 9.17) is 4.74 Å². The van der Waals surface area contributed by atoms with E-state index in [0.717, 1.165) is 19.0 Å². The number of hydrogen-bond acceptors (Lipinski definition) is 5. The number of aromatic nitrogens is 4. The fourth-order valence-corrected chi connectivity index (χ4v) is 1.27. The molecular weight excluding hydrogens is 194 g/mol. The second-order valence-corrected chi connectivity index (χ2v) is 3.33. The first-order chi connectivity index (χ1) is 7.29. The molecule has 0 bridgehead atoms. The van der Waals surface area contributed by atoms with Crippen LogP contribution >= 0.6 is 0 Å². The molecule has 0 aromatic carbocycles. The maximum absolute atomic E-state index is 5.34. The first-order valence-corrected chi connectivity index (χ1v) is 5.34. The Balaban J connectivity index is 2.54. The first-order valence-electron chi connectivity index (χ1n) is 5.34. The summed E-state index contributed by atoms with van der Waals surface area (Å²) < 4.78 is 7.15. The molecule has 0 amide bonds. The molecule has 0 fully saturated rings. The van der Waals surface area contributed by atoms with Crippen LogP contribution in [0, 0.1) is 0 Å². The van der Waals surface area contributed by atoms with Gasteiger partial charge in [0.1, 0.15) is 0 Å². The summed E-state index contributed by atoms with van der Waals surface area (Å²) in [6, 6.07) is 0.175. The topological polar surface area (TPSA) is 64.9 Å². The molecule has 0 spiro atoms. The minimum atomic E-state index is 0.175. The van der Waals surface area contributed by atoms with Crippen LogP contribution in [0.2, 0.25) is 0 Å². The lowest BCUT2D eigenvalue weighted by Gasteiger charge is -2.13. The van der Waals surface area contributed by atoms with Gasteiger partial charge >= 0.3 is 0 Å². The van der Waals surface area contributed by atoms with E-state index >= 15 is 0 Å². The van der Waals surface area contributed by atoms with Gasteiger partial charge in [0.2, 0.25) is 0 Å². The fraction of sp³-hybridized carbons (Fsp3) is 0.889. The van der Waals surface area contributed by atoms with E-state index in [1.165, 1.54) is 0 Å². The van der Waals surface area contributed by atoms with Crippen LogP contribution in [0.3, 0.4) is 0 Å². The summed E-state index contributed by atoms with van der Waals surface area (Å²) in [6.07, 6.45) is 0. The molecule has 1 atom stereocenters. The Morgan fingerprint density at radius 2 is 2.27 bits per heavy atom. The van der Waals surface area contributed by atoms with Crippen molar-refractivity contribution >= 4 is 0 Å². The van der Waals surface area contributed by atoms with Crippen LogP contribution < -0.4 is 5.32 Å². The van der Waals surface area contributed by atoms with E-state index in [0.29, 0.717) is 13.2 Å². The molecule has 0 saturated heterocycles. The van der Waals surface area contributed by atoms with Crippen molar-refractivity contribution in [1.82, 2.24) is 25.5 Å². The van der Waals surface area contributed by atoms with Gasteiger partial charge < -0.3 is 10.1 Å². The van der Waals surface area contributed by atoms with Crippen LogP contribution in [0.15, 0.2) is 0 Å². The van der Waals surface area contributed by atoms with Gasteiger partial charge in [0.15, 0.2) is 5.82 Å². The number of hydrogen-bond donors (Lipinski definition) is 1. The van der Waals surface area contributed by atoms with Crippen molar-refractivity contribution in [3.8, 4) is 0 Å². The molecule has 0 aliphatic rings. The average Bonchev–Trinajstić information content (AvgIpc) is 2.71. The highest BCUT2D eigenvalue weighted by atomic mass is 16.5. The van der Waals surface area contributed by atoms with Crippen LogP contribution in [0.4, 0.5) is 0 Å². The largest absolute Gasteiger partial charge is 0.380 e. The fourth-order valence-electron chi connectivity index (χ4n) is 1.27. The highest BCUT2D eigenvalue weighted by molar-refractivity contribution is 4.82. The number of nitrogens with zero attached hydrogens (tertiary/aromatic N) is 4. The molecule has 15 heavy (non-hydrogen) atoms. The second-order valence-electron chi connectivity index (χ2n) is 3.33. The lowest BCUT2D eigenvalue weighted by molar-refractivity contribution is 0.113. The molecule has 86 valence electrons. The zero-order valence-corrected chi connectivity index (χ0v) is 9.60. The minimum absolute atomic E-state index is 0.175. The van der Waals surface area contributed by atoms with Gasteiger partial charge in [0.05, 0.1) is 19.2 Å². The van der Waals surface area contributed by atoms with E-state index in [-0.39, 0.29) is 6.04 Å². The molecule has 1 unspecified atom stereocenters. The van der Waals surface area contributed by atoms with E-state index in [1.807, 2.05) is 13.8 Å². The molecule has 0 radical (unpaired) electrons. The van der Waals surface area contributed by atoms with Crippen molar-refractivity contribution in [2.24, 2.45) is 0 Å². The summed E-state index contributed by atoms with van der Waals surface area (Å²) in [5.74, 6) is 0.851. The Morgan fingerprint density at radius 3 is 2.93 bits per heavy atom. The summed E-state index contributed by atoms with van der Waals surface area (Å²) >= 11 is 0. The Labute approximate surface area is 90.0 Å². The third-order valence-electron chi connectivity index (χ3n) is 2.07. The highest BCUT2D eigenvalue weighted by Gasteiger charge is 2.11. The summed E-state index contributed by atoms with van der Waals surface area (Å²) in [5, 5.41) is 14.8. The Bertz CT molecular complexity index is 275. The maximum atomic E-state index is 5.34. The monoisotopic (exact) mass is 213 g/mol. The quantitative estimate of drug-likeness (QED) is 0.709. The predicted octanol–water partition coefficient (Wildman–Crippen LogP) is 0.380. The van der Waals surface area contributed by atoms with Gasteiger partial charge in [0.25, 0.3) is 0 Å². The van der Waals surface area contributed by atoms with Crippen molar-refractivity contribution in [2.45, 2.75) is 33.4 Å². The molecule has 0 aliphatic carbocycles. The normalized spacial score (nSPS) is 13.0. The van der Waals surface area contributed by atoms with Crippen molar-refractivity contribution in [3.05, 3.63) is 5.82 Å². The zero-order chi connectivity index (χ0) is 11.1. The summed E-state index contributed by atoms with van der Waals surface area (Å²) in [5.41, 5.74) is 0. The lowest BCUT2D eigenvalue weighted by atomic mass is 10.3. The van der Waals surface area contributed by atoms with E-state index in [9.17, 15) is 0 Å². The van der Waals surface area contributed by atoms with E-state index < -0.39 is 0 Å². The Kier molecular flexibility index (Phi) is 5.20. The van der Waals surface area contributed by atoms with Crippen molar-refractivity contribution in [3.63, 3.8) is 0 Å². The number of rotatable bonds is 7. The van der Waals surface area contributed by atoms with Crippen LogP contribution in [0.5, 0.6) is 0 Å². The summed E-state index contributed by atoms with van der Waals surface area (Å²) in [4.78, 5) is 0.